The molecule has 0 N–H and O–H groups in total. The lowest BCUT2D eigenvalue weighted by Gasteiger charge is -2.16. The number of ether oxygens (including phenoxy) is 2. The second kappa shape index (κ2) is 38.4. The van der Waals surface area contributed by atoms with E-state index >= 15 is 0 Å². The van der Waals surface area contributed by atoms with Crippen molar-refractivity contribution in [2.75, 3.05) is 33.9 Å². The predicted molar refractivity (Wildman–Crippen MR) is 245 cm³/mol. The minimum Gasteiger partial charge on any atom is -0.465 e. The monoisotopic (exact) mass is 801 g/mol. The number of unbranched alkanes of at least 4 members (excludes halogenated alkanes) is 20. The Morgan fingerprint density at radius 2 is 0.807 bits per heavy atom. The maximum Gasteiger partial charge on any atom is 0.308 e. The third kappa shape index (κ3) is 30.0. The van der Waals surface area contributed by atoms with Gasteiger partial charge in [-0.15, -0.1) is 0 Å². The van der Waals surface area contributed by atoms with Crippen LogP contribution in [0.5, 0.6) is 0 Å². The summed E-state index contributed by atoms with van der Waals surface area (Å²) >= 11 is 0. The normalized spacial score (nSPS) is 12.7. The molecule has 2 unspecified atom stereocenters. The number of hydrogen-bond donors (Lipinski definition) is 0. The highest BCUT2D eigenvalue weighted by atomic mass is 16.5. The van der Waals surface area contributed by atoms with Crippen LogP contribution in [0.3, 0.4) is 0 Å². The molecule has 0 saturated carbocycles. The molecule has 0 aromatic carbocycles. The number of aryl methyl sites for hydroxylation is 3. The van der Waals surface area contributed by atoms with Gasteiger partial charge in [-0.2, -0.15) is 0 Å². The van der Waals surface area contributed by atoms with Gasteiger partial charge in [-0.25, -0.2) is 0 Å². The van der Waals surface area contributed by atoms with E-state index < -0.39 is 0 Å². The Bertz CT molecular complexity index is 1050. The molecular formula is C51H96N2O4. The number of carbonyl (C=O) groups excluding carboxylic acids is 2. The molecule has 6 nitrogen and oxygen atoms in total. The molecule has 0 amide bonds. The summed E-state index contributed by atoms with van der Waals surface area (Å²) in [7, 11) is 4.29. The zero-order valence-electron chi connectivity index (χ0n) is 39.0. The van der Waals surface area contributed by atoms with E-state index in [0.717, 1.165) is 122 Å². The number of rotatable bonds is 42. The molecule has 1 heterocycles. The smallest absolute Gasteiger partial charge is 0.308 e. The Morgan fingerprint density at radius 3 is 1.23 bits per heavy atom. The van der Waals surface area contributed by atoms with Crippen molar-refractivity contribution < 1.29 is 19.1 Å². The maximum atomic E-state index is 13.2. The summed E-state index contributed by atoms with van der Waals surface area (Å²) in [4.78, 5) is 28.5. The summed E-state index contributed by atoms with van der Waals surface area (Å²) < 4.78 is 14.2. The van der Waals surface area contributed by atoms with Gasteiger partial charge in [0.2, 0.25) is 0 Å². The Kier molecular flexibility index (Phi) is 35.8. The topological polar surface area (TPSA) is 60.8 Å². The number of nitrogens with zero attached hydrogens (tertiary/aromatic N) is 2. The highest BCUT2D eigenvalue weighted by Crippen LogP contribution is 2.23. The van der Waals surface area contributed by atoms with E-state index in [-0.39, 0.29) is 23.8 Å². The average Bonchev–Trinajstić information content (AvgIpc) is 3.59. The van der Waals surface area contributed by atoms with Crippen molar-refractivity contribution in [1.29, 1.82) is 0 Å². The number of hydrogen-bond acceptors (Lipinski definition) is 5. The summed E-state index contributed by atoms with van der Waals surface area (Å²) in [6.45, 7) is 12.3. The molecule has 0 saturated heterocycles. The van der Waals surface area contributed by atoms with E-state index in [2.05, 4.69) is 63.7 Å². The summed E-state index contributed by atoms with van der Waals surface area (Å²) in [6, 6.07) is 0. The molecule has 334 valence electrons. The first kappa shape index (κ1) is 53.2. The quantitative estimate of drug-likeness (QED) is 0.0487. The average molecular weight is 801 g/mol. The van der Waals surface area contributed by atoms with Crippen LogP contribution in [-0.4, -0.2) is 55.3 Å². The molecule has 6 heteroatoms. The van der Waals surface area contributed by atoms with Crippen molar-refractivity contribution in [1.82, 2.24) is 9.47 Å². The first-order valence-corrected chi connectivity index (χ1v) is 25.0. The van der Waals surface area contributed by atoms with Gasteiger partial charge in [-0.05, 0) is 102 Å². The Labute approximate surface area is 354 Å². The molecule has 0 radical (unpaired) electrons. The largest absolute Gasteiger partial charge is 0.465 e. The summed E-state index contributed by atoms with van der Waals surface area (Å²) in [5.74, 6) is 0.283. The second-order valence-corrected chi connectivity index (χ2v) is 17.9. The van der Waals surface area contributed by atoms with Crippen molar-refractivity contribution in [3.8, 4) is 0 Å². The molecule has 57 heavy (non-hydrogen) atoms. The fourth-order valence-corrected chi connectivity index (χ4v) is 8.26. The van der Waals surface area contributed by atoms with E-state index in [4.69, 9.17) is 9.47 Å². The third-order valence-corrected chi connectivity index (χ3v) is 12.0. The first-order chi connectivity index (χ1) is 27.9. The molecule has 0 aliphatic heterocycles. The lowest BCUT2D eigenvalue weighted by molar-refractivity contribution is -0.150. The van der Waals surface area contributed by atoms with Gasteiger partial charge in [0.1, 0.15) is 0 Å². The van der Waals surface area contributed by atoms with Crippen LogP contribution in [0, 0.1) is 11.8 Å². The Morgan fingerprint density at radius 1 is 0.474 bits per heavy atom. The minimum absolute atomic E-state index is 0.0537. The highest BCUT2D eigenvalue weighted by molar-refractivity contribution is 5.72. The van der Waals surface area contributed by atoms with Crippen molar-refractivity contribution in [3.05, 3.63) is 23.5 Å². The molecule has 2 atom stereocenters. The van der Waals surface area contributed by atoms with E-state index in [9.17, 15) is 9.59 Å². The van der Waals surface area contributed by atoms with E-state index in [1.165, 1.54) is 114 Å². The van der Waals surface area contributed by atoms with Crippen LogP contribution in [0.2, 0.25) is 0 Å². The summed E-state index contributed by atoms with van der Waals surface area (Å²) in [5.41, 5.74) is 2.95. The molecule has 0 aliphatic rings. The van der Waals surface area contributed by atoms with Gasteiger partial charge in [0.25, 0.3) is 0 Å². The van der Waals surface area contributed by atoms with Crippen LogP contribution < -0.4 is 0 Å². The Balaban J connectivity index is 2.55. The molecule has 0 bridgehead atoms. The first-order valence-electron chi connectivity index (χ1n) is 25.0. The van der Waals surface area contributed by atoms with Crippen molar-refractivity contribution >= 4 is 11.9 Å². The molecule has 1 aromatic heterocycles. The molecule has 0 aliphatic carbocycles. The molecule has 0 spiro atoms. The van der Waals surface area contributed by atoms with E-state index in [1.807, 2.05) is 0 Å². The fourth-order valence-electron chi connectivity index (χ4n) is 8.26. The van der Waals surface area contributed by atoms with Crippen LogP contribution in [0.15, 0.2) is 12.4 Å². The van der Waals surface area contributed by atoms with Gasteiger partial charge in [-0.1, -0.05) is 169 Å². The van der Waals surface area contributed by atoms with Crippen LogP contribution in [-0.2, 0) is 38.4 Å². The SMILES string of the molecule is CCCCCCCCC(CCCCCC)C(=O)OCCCCCCc1cn(CCCN(C)C)cc1CCCCOC(=O)C(CCCCCC)CCCCCCCC. The van der Waals surface area contributed by atoms with Gasteiger partial charge in [0.15, 0.2) is 0 Å². The van der Waals surface area contributed by atoms with Crippen LogP contribution in [0.1, 0.15) is 238 Å². The van der Waals surface area contributed by atoms with Gasteiger partial charge >= 0.3 is 11.9 Å². The van der Waals surface area contributed by atoms with Gasteiger partial charge in [0, 0.05) is 18.9 Å². The third-order valence-electron chi connectivity index (χ3n) is 12.0. The van der Waals surface area contributed by atoms with Gasteiger partial charge < -0.3 is 18.9 Å². The Hall–Kier alpha value is -1.82. The number of esters is 2. The predicted octanol–water partition coefficient (Wildman–Crippen LogP) is 14.6. The highest BCUT2D eigenvalue weighted by Gasteiger charge is 2.20. The molecule has 1 aromatic rings. The van der Waals surface area contributed by atoms with Crippen molar-refractivity contribution in [2.24, 2.45) is 11.8 Å². The second-order valence-electron chi connectivity index (χ2n) is 17.9. The van der Waals surface area contributed by atoms with E-state index in [1.54, 1.807) is 0 Å². The summed E-state index contributed by atoms with van der Waals surface area (Å²) in [6.07, 6.45) is 43.3. The van der Waals surface area contributed by atoms with Crippen molar-refractivity contribution in [3.63, 3.8) is 0 Å². The lowest BCUT2D eigenvalue weighted by Crippen LogP contribution is -2.19. The summed E-state index contributed by atoms with van der Waals surface area (Å²) in [5, 5.41) is 0. The maximum absolute atomic E-state index is 13.2. The van der Waals surface area contributed by atoms with Gasteiger partial charge in [0.05, 0.1) is 25.0 Å². The molecular weight excluding hydrogens is 705 g/mol. The minimum atomic E-state index is 0.0537. The molecule has 1 rings (SSSR count). The van der Waals surface area contributed by atoms with Crippen molar-refractivity contribution in [2.45, 2.75) is 246 Å². The number of aromatic nitrogens is 1. The zero-order chi connectivity index (χ0) is 41.6. The van der Waals surface area contributed by atoms with Gasteiger partial charge in [-0.3, -0.25) is 9.59 Å². The van der Waals surface area contributed by atoms with E-state index in [0.29, 0.717) is 13.2 Å². The standard InChI is InChI=1S/C51H96N2O4/c1-7-11-15-19-21-27-36-46(34-25-17-13-9-3)50(54)56-42-31-24-23-29-38-48-44-53(41-33-40-52(5)6)45-49(48)39-30-32-43-57-51(55)47(35-26-18-14-10-4)37-28-22-20-16-12-8-2/h44-47H,7-43H2,1-6H3. The lowest BCUT2D eigenvalue weighted by atomic mass is 9.94. The molecule has 0 fully saturated rings. The number of carbonyl (C=O) groups is 2. The van der Waals surface area contributed by atoms with Crippen LogP contribution >= 0.6 is 0 Å². The van der Waals surface area contributed by atoms with Crippen LogP contribution in [0.4, 0.5) is 0 Å². The van der Waals surface area contributed by atoms with Crippen LogP contribution in [0.25, 0.3) is 0 Å². The zero-order valence-corrected chi connectivity index (χ0v) is 39.0. The fraction of sp³-hybridized carbons (Fsp3) is 0.882.